The van der Waals surface area contributed by atoms with E-state index in [1.807, 2.05) is 11.0 Å². The van der Waals surface area contributed by atoms with Crippen LogP contribution >= 0.6 is 0 Å². The van der Waals surface area contributed by atoms with Crippen LogP contribution in [0.5, 0.6) is 0 Å². The van der Waals surface area contributed by atoms with Crippen LogP contribution in [0, 0.1) is 34.5 Å². The summed E-state index contributed by atoms with van der Waals surface area (Å²) in [5.74, 6) is 2.83. The fourth-order valence-electron chi connectivity index (χ4n) is 9.33. The molecule has 1 aliphatic heterocycles. The second kappa shape index (κ2) is 10.5. The van der Waals surface area contributed by atoms with Gasteiger partial charge in [-0.2, -0.15) is 0 Å². The first kappa shape index (κ1) is 26.9. The van der Waals surface area contributed by atoms with Gasteiger partial charge >= 0.3 is 6.09 Å². The molecule has 37 heavy (non-hydrogen) atoms. The third kappa shape index (κ3) is 4.92. The van der Waals surface area contributed by atoms with Gasteiger partial charge in [0.05, 0.1) is 5.71 Å². The summed E-state index contributed by atoms with van der Waals surface area (Å²) in [6.07, 6.45) is 13.9. The van der Waals surface area contributed by atoms with Crippen LogP contribution < -0.4 is 5.32 Å². The first-order valence-corrected chi connectivity index (χ1v) is 15.1. The number of hydrogen-bond donors (Lipinski definition) is 1. The molecule has 6 heteroatoms. The average molecular weight is 512 g/mol. The molecule has 5 rings (SSSR count). The average Bonchev–Trinajstić information content (AvgIpc) is 3.50. The van der Waals surface area contributed by atoms with Crippen LogP contribution in [0.25, 0.3) is 0 Å². The monoisotopic (exact) mass is 511 g/mol. The predicted octanol–water partition coefficient (Wildman–Crippen LogP) is 6.50. The van der Waals surface area contributed by atoms with Crippen molar-refractivity contribution in [1.82, 2.24) is 10.2 Å². The minimum atomic E-state index is -0.317. The zero-order valence-corrected chi connectivity index (χ0v) is 23.9. The van der Waals surface area contributed by atoms with Gasteiger partial charge in [0.15, 0.2) is 5.78 Å². The Morgan fingerprint density at radius 1 is 1.14 bits per heavy atom. The van der Waals surface area contributed by atoms with Crippen LogP contribution in [0.2, 0.25) is 0 Å². The maximum Gasteiger partial charge on any atom is 0.436 e. The quantitative estimate of drug-likeness (QED) is 0.251. The molecule has 1 heterocycles. The van der Waals surface area contributed by atoms with Crippen LogP contribution in [0.4, 0.5) is 4.79 Å². The summed E-state index contributed by atoms with van der Waals surface area (Å²) in [6.45, 7) is 12.9. The van der Waals surface area contributed by atoms with Crippen molar-refractivity contribution in [3.8, 4) is 0 Å². The number of amides is 1. The molecule has 0 aromatic rings. The molecule has 1 amide bonds. The number of nitrogens with zero attached hydrogens (tertiary/aromatic N) is 2. The zero-order valence-electron chi connectivity index (χ0n) is 23.9. The van der Waals surface area contributed by atoms with E-state index in [0.29, 0.717) is 36.1 Å². The van der Waals surface area contributed by atoms with Crippen LogP contribution in [0.3, 0.4) is 0 Å². The van der Waals surface area contributed by atoms with E-state index in [4.69, 9.17) is 4.84 Å². The molecular formula is C31H49N3O3. The number of oxime groups is 1. The van der Waals surface area contributed by atoms with Crippen LogP contribution in [0.1, 0.15) is 105 Å². The maximum atomic E-state index is 13.0. The Labute approximate surface area is 224 Å². The van der Waals surface area contributed by atoms with Gasteiger partial charge in [-0.05, 0) is 126 Å². The second-order valence-electron chi connectivity index (χ2n) is 13.6. The standard InChI is InChI=1S/C31H49N3O3/c1-20(2)34(18-14-23-7-6-17-32-23)29(36)37-33-21(3)26-10-11-27-25-9-8-22-19-24(35)12-15-30(22,4)28(25)13-16-31(26,27)5/h19-20,23,25-28,32H,6-18H2,1-5H3/b33-21+/t23?,25-,26+,27-,28-,30-,31+/m0/s1. The zero-order chi connectivity index (χ0) is 26.4. The van der Waals surface area contributed by atoms with E-state index >= 15 is 0 Å². The third-order valence-electron chi connectivity index (χ3n) is 11.5. The molecule has 206 valence electrons. The Balaban J connectivity index is 1.24. The maximum absolute atomic E-state index is 13.0. The predicted molar refractivity (Wildman–Crippen MR) is 147 cm³/mol. The van der Waals surface area contributed by atoms with Gasteiger partial charge in [-0.15, -0.1) is 0 Å². The number of fused-ring (bicyclic) bond motifs is 5. The molecule has 1 unspecified atom stereocenters. The summed E-state index contributed by atoms with van der Waals surface area (Å²) in [5, 5.41) is 8.00. The number of nitrogens with one attached hydrogen (secondary N) is 1. The van der Waals surface area contributed by atoms with Crippen molar-refractivity contribution >= 4 is 17.6 Å². The minimum absolute atomic E-state index is 0.0924. The van der Waals surface area contributed by atoms with Gasteiger partial charge in [0, 0.05) is 31.0 Å². The number of ketones is 1. The normalized spacial score (nSPS) is 39.6. The first-order chi connectivity index (χ1) is 17.6. The highest BCUT2D eigenvalue weighted by atomic mass is 16.7. The summed E-state index contributed by atoms with van der Waals surface area (Å²) in [5.41, 5.74) is 2.85. The van der Waals surface area contributed by atoms with Gasteiger partial charge in [-0.1, -0.05) is 24.6 Å². The fraction of sp³-hybridized carbons (Fsp3) is 0.839. The molecule has 7 atom stereocenters. The van der Waals surface area contributed by atoms with Crippen molar-refractivity contribution in [3.63, 3.8) is 0 Å². The number of carbonyl (C=O) groups is 2. The number of allylic oxidation sites excluding steroid dienone is 1. The number of rotatable bonds is 6. The number of carbonyl (C=O) groups excluding carboxylic acids is 2. The van der Waals surface area contributed by atoms with Gasteiger partial charge in [0.2, 0.25) is 0 Å². The van der Waals surface area contributed by atoms with Crippen molar-refractivity contribution in [2.45, 2.75) is 117 Å². The highest BCUT2D eigenvalue weighted by Gasteiger charge is 2.59. The number of hydrogen-bond acceptors (Lipinski definition) is 5. The third-order valence-corrected chi connectivity index (χ3v) is 11.5. The van der Waals surface area contributed by atoms with Gasteiger partial charge < -0.3 is 10.2 Å². The summed E-state index contributed by atoms with van der Waals surface area (Å²) in [7, 11) is 0. The molecule has 0 aromatic heterocycles. The van der Waals surface area contributed by atoms with Crippen molar-refractivity contribution in [2.75, 3.05) is 13.1 Å². The molecule has 0 aromatic carbocycles. The molecule has 0 radical (unpaired) electrons. The SMILES string of the molecule is C/C(=N\OC(=O)N(CCC1CCCN1)C(C)C)[C@H]1CC[C@H]2[C@@H]3CCC4=CC(=O)CC[C@]4(C)[C@H]3CC[C@]12C. The Morgan fingerprint density at radius 2 is 1.95 bits per heavy atom. The topological polar surface area (TPSA) is 71.0 Å². The van der Waals surface area contributed by atoms with Crippen LogP contribution in [0.15, 0.2) is 16.8 Å². The van der Waals surface area contributed by atoms with E-state index in [0.717, 1.165) is 50.3 Å². The Hall–Kier alpha value is -1.69. The van der Waals surface area contributed by atoms with Crippen molar-refractivity contribution < 1.29 is 14.4 Å². The highest BCUT2D eigenvalue weighted by molar-refractivity contribution is 5.91. The lowest BCUT2D eigenvalue weighted by Crippen LogP contribution is -2.51. The van der Waals surface area contributed by atoms with E-state index < -0.39 is 0 Å². The summed E-state index contributed by atoms with van der Waals surface area (Å²) < 4.78 is 0. The van der Waals surface area contributed by atoms with Gasteiger partial charge in [0.25, 0.3) is 0 Å². The Morgan fingerprint density at radius 3 is 2.68 bits per heavy atom. The molecule has 4 fully saturated rings. The van der Waals surface area contributed by atoms with E-state index in [1.165, 1.54) is 44.1 Å². The smallest absolute Gasteiger partial charge is 0.314 e. The summed E-state index contributed by atoms with van der Waals surface area (Å²) in [4.78, 5) is 32.5. The van der Waals surface area contributed by atoms with Crippen LogP contribution in [-0.4, -0.2) is 47.7 Å². The first-order valence-electron chi connectivity index (χ1n) is 15.1. The molecule has 3 saturated carbocycles. The molecule has 1 N–H and O–H groups in total. The largest absolute Gasteiger partial charge is 0.436 e. The Bertz CT molecular complexity index is 951. The summed E-state index contributed by atoms with van der Waals surface area (Å²) in [6, 6.07) is 0.599. The van der Waals surface area contributed by atoms with Crippen molar-refractivity contribution in [3.05, 3.63) is 11.6 Å². The fourth-order valence-corrected chi connectivity index (χ4v) is 9.33. The minimum Gasteiger partial charge on any atom is -0.314 e. The van der Waals surface area contributed by atoms with Gasteiger partial charge in [0.1, 0.15) is 0 Å². The lowest BCUT2D eigenvalue weighted by molar-refractivity contribution is -0.117. The highest BCUT2D eigenvalue weighted by Crippen LogP contribution is 2.66. The van der Waals surface area contributed by atoms with Gasteiger partial charge in [-0.3, -0.25) is 9.63 Å². The van der Waals surface area contributed by atoms with E-state index in [1.54, 1.807) is 0 Å². The van der Waals surface area contributed by atoms with E-state index in [-0.39, 0.29) is 23.0 Å². The lowest BCUT2D eigenvalue weighted by Gasteiger charge is -2.58. The lowest BCUT2D eigenvalue weighted by atomic mass is 9.46. The summed E-state index contributed by atoms with van der Waals surface area (Å²) >= 11 is 0. The molecule has 0 spiro atoms. The van der Waals surface area contributed by atoms with E-state index in [9.17, 15) is 9.59 Å². The molecule has 5 aliphatic rings. The Kier molecular flexibility index (Phi) is 7.61. The molecule has 4 aliphatic carbocycles. The molecular weight excluding hydrogens is 462 g/mol. The molecule has 1 saturated heterocycles. The van der Waals surface area contributed by atoms with E-state index in [2.05, 4.69) is 45.1 Å². The van der Waals surface area contributed by atoms with Crippen molar-refractivity contribution in [2.24, 2.45) is 39.7 Å². The second-order valence-corrected chi connectivity index (χ2v) is 13.6. The van der Waals surface area contributed by atoms with Crippen molar-refractivity contribution in [1.29, 1.82) is 0 Å². The molecule has 0 bridgehead atoms. The van der Waals surface area contributed by atoms with Gasteiger partial charge in [-0.25, -0.2) is 4.79 Å². The van der Waals surface area contributed by atoms with Crippen LogP contribution in [-0.2, 0) is 9.63 Å². The molecule has 6 nitrogen and oxygen atoms in total.